The second-order valence-electron chi connectivity index (χ2n) is 5.59. The molecule has 0 spiro atoms. The van der Waals surface area contributed by atoms with E-state index in [2.05, 4.69) is 15.9 Å². The van der Waals surface area contributed by atoms with E-state index in [1.54, 1.807) is 48.5 Å². The molecule has 5 nitrogen and oxygen atoms in total. The van der Waals surface area contributed by atoms with E-state index in [4.69, 9.17) is 25.2 Å². The quantitative estimate of drug-likeness (QED) is 0.379. The highest BCUT2D eigenvalue weighted by atomic mass is 79.9. The van der Waals surface area contributed by atoms with Crippen molar-refractivity contribution in [3.8, 4) is 17.3 Å². The first-order valence-electron chi connectivity index (χ1n) is 7.82. The van der Waals surface area contributed by atoms with E-state index in [1.165, 1.54) is 12.1 Å². The molecular formula is C20H10BrClO5. The number of para-hydroxylation sites is 1. The van der Waals surface area contributed by atoms with Gasteiger partial charge in [-0.05, 0) is 64.5 Å². The zero-order chi connectivity index (χ0) is 19.0. The number of rotatable bonds is 3. The normalized spacial score (nSPS) is 10.9. The van der Waals surface area contributed by atoms with Crippen LogP contribution in [-0.2, 0) is 0 Å². The number of fused-ring (bicyclic) bond motifs is 1. The largest absolute Gasteiger partial charge is 0.449 e. The lowest BCUT2D eigenvalue weighted by atomic mass is 10.2. The van der Waals surface area contributed by atoms with Crippen LogP contribution in [0, 0.1) is 0 Å². The number of esters is 1. The molecule has 2 aromatic carbocycles. The predicted molar refractivity (Wildman–Crippen MR) is 104 cm³/mol. The summed E-state index contributed by atoms with van der Waals surface area (Å²) in [5.74, 6) is -0.660. The van der Waals surface area contributed by atoms with Gasteiger partial charge >= 0.3 is 5.97 Å². The molecule has 0 saturated carbocycles. The minimum absolute atomic E-state index is 0.0340. The van der Waals surface area contributed by atoms with Crippen LogP contribution in [0.3, 0.4) is 0 Å². The van der Waals surface area contributed by atoms with Gasteiger partial charge in [-0.25, -0.2) is 4.79 Å². The molecule has 2 aromatic heterocycles. The summed E-state index contributed by atoms with van der Waals surface area (Å²) in [5.41, 5.74) is 0.136. The smallest absolute Gasteiger partial charge is 0.343 e. The number of halogens is 2. The maximum Gasteiger partial charge on any atom is 0.343 e. The van der Waals surface area contributed by atoms with Gasteiger partial charge in [-0.1, -0.05) is 23.7 Å². The average Bonchev–Trinajstić information content (AvgIpc) is 3.10. The van der Waals surface area contributed by atoms with Crippen LogP contribution in [0.5, 0.6) is 5.75 Å². The number of furan rings is 1. The van der Waals surface area contributed by atoms with Crippen LogP contribution in [-0.4, -0.2) is 5.97 Å². The lowest BCUT2D eigenvalue weighted by Gasteiger charge is -2.09. The summed E-state index contributed by atoms with van der Waals surface area (Å²) in [7, 11) is 0. The lowest BCUT2D eigenvalue weighted by molar-refractivity contribution is 0.0731. The van der Waals surface area contributed by atoms with Crippen molar-refractivity contribution < 1.29 is 18.4 Å². The van der Waals surface area contributed by atoms with Crippen LogP contribution < -0.4 is 10.2 Å². The second kappa shape index (κ2) is 7.06. The summed E-state index contributed by atoms with van der Waals surface area (Å²) in [6, 6.07) is 16.1. The Balaban J connectivity index is 1.87. The van der Waals surface area contributed by atoms with Crippen LogP contribution in [0.25, 0.3) is 22.5 Å². The van der Waals surface area contributed by atoms with Gasteiger partial charge in [0.1, 0.15) is 5.58 Å². The third-order valence-corrected chi connectivity index (χ3v) is 4.51. The standard InChI is InChI=1S/C20H10BrClO5/c21-16-10-9-15(25-16)18-19(17(23)13-3-1-2-4-14(13)26-18)27-20(24)11-5-7-12(22)8-6-11/h1-10H. The molecule has 0 aliphatic carbocycles. The average molecular weight is 446 g/mol. The molecule has 0 unspecified atom stereocenters. The van der Waals surface area contributed by atoms with Crippen molar-refractivity contribution in [2.45, 2.75) is 0 Å². The van der Waals surface area contributed by atoms with Gasteiger partial charge in [-0.2, -0.15) is 0 Å². The fourth-order valence-corrected chi connectivity index (χ4v) is 2.99. The Morgan fingerprint density at radius 1 is 0.963 bits per heavy atom. The molecule has 0 atom stereocenters. The van der Waals surface area contributed by atoms with Crippen LogP contribution in [0.4, 0.5) is 0 Å². The Bertz CT molecular complexity index is 1210. The Morgan fingerprint density at radius 3 is 2.41 bits per heavy atom. The van der Waals surface area contributed by atoms with Gasteiger partial charge in [-0.3, -0.25) is 4.79 Å². The summed E-state index contributed by atoms with van der Waals surface area (Å²) in [4.78, 5) is 25.5. The number of carbonyl (C=O) groups excluding carboxylic acids is 1. The first-order chi connectivity index (χ1) is 13.0. The van der Waals surface area contributed by atoms with Crippen LogP contribution in [0.1, 0.15) is 10.4 Å². The van der Waals surface area contributed by atoms with Crippen molar-refractivity contribution >= 4 is 44.5 Å². The molecule has 4 rings (SSSR count). The summed E-state index contributed by atoms with van der Waals surface area (Å²) in [6.45, 7) is 0. The van der Waals surface area contributed by atoms with E-state index in [0.29, 0.717) is 20.7 Å². The van der Waals surface area contributed by atoms with E-state index < -0.39 is 11.4 Å². The zero-order valence-corrected chi connectivity index (χ0v) is 15.9. The fourth-order valence-electron chi connectivity index (χ4n) is 2.55. The molecule has 0 N–H and O–H groups in total. The van der Waals surface area contributed by atoms with Crippen molar-refractivity contribution in [2.24, 2.45) is 0 Å². The van der Waals surface area contributed by atoms with Gasteiger partial charge in [0.05, 0.1) is 10.9 Å². The predicted octanol–water partition coefficient (Wildman–Crippen LogP) is 5.69. The summed E-state index contributed by atoms with van der Waals surface area (Å²) in [5, 5.41) is 0.781. The van der Waals surface area contributed by atoms with E-state index in [0.717, 1.165) is 0 Å². The minimum Gasteiger partial charge on any atom is -0.449 e. The maximum atomic E-state index is 12.9. The highest BCUT2D eigenvalue weighted by molar-refractivity contribution is 9.10. The highest BCUT2D eigenvalue weighted by Crippen LogP contribution is 2.33. The summed E-state index contributed by atoms with van der Waals surface area (Å²) >= 11 is 9.05. The van der Waals surface area contributed by atoms with Crippen LogP contribution in [0.2, 0.25) is 5.02 Å². The number of carbonyl (C=O) groups is 1. The molecule has 7 heteroatoms. The molecule has 0 radical (unpaired) electrons. The molecule has 0 aliphatic rings. The van der Waals surface area contributed by atoms with Gasteiger partial charge in [0.15, 0.2) is 10.4 Å². The van der Waals surface area contributed by atoms with Gasteiger partial charge < -0.3 is 13.6 Å². The Hall–Kier alpha value is -2.83. The highest BCUT2D eigenvalue weighted by Gasteiger charge is 2.23. The third-order valence-electron chi connectivity index (χ3n) is 3.83. The number of benzene rings is 2. The molecule has 0 amide bonds. The lowest BCUT2D eigenvalue weighted by Crippen LogP contribution is -2.16. The van der Waals surface area contributed by atoms with E-state index in [1.807, 2.05) is 0 Å². The Kier molecular flexibility index (Phi) is 4.59. The molecule has 0 aliphatic heterocycles. The van der Waals surface area contributed by atoms with Crippen LogP contribution >= 0.6 is 27.5 Å². The molecule has 2 heterocycles. The Labute approximate surface area is 166 Å². The van der Waals surface area contributed by atoms with Crippen molar-refractivity contribution in [1.82, 2.24) is 0 Å². The SMILES string of the molecule is O=C(Oc1c(-c2ccc(Br)o2)oc2ccccc2c1=O)c1ccc(Cl)cc1. The van der Waals surface area contributed by atoms with Gasteiger partial charge in [0.25, 0.3) is 0 Å². The summed E-state index contributed by atoms with van der Waals surface area (Å²) < 4.78 is 17.2. The van der Waals surface area contributed by atoms with E-state index >= 15 is 0 Å². The van der Waals surface area contributed by atoms with Crippen molar-refractivity contribution in [3.63, 3.8) is 0 Å². The third kappa shape index (κ3) is 3.41. The van der Waals surface area contributed by atoms with Crippen molar-refractivity contribution in [2.75, 3.05) is 0 Å². The Morgan fingerprint density at radius 2 is 1.70 bits per heavy atom. The molecule has 27 heavy (non-hydrogen) atoms. The number of ether oxygens (including phenoxy) is 1. The molecular weight excluding hydrogens is 436 g/mol. The van der Waals surface area contributed by atoms with E-state index in [9.17, 15) is 9.59 Å². The van der Waals surface area contributed by atoms with Crippen molar-refractivity contribution in [3.05, 3.63) is 86.1 Å². The molecule has 134 valence electrons. The molecule has 0 fully saturated rings. The first kappa shape index (κ1) is 17.6. The number of hydrogen-bond donors (Lipinski definition) is 0. The monoisotopic (exact) mass is 444 g/mol. The topological polar surface area (TPSA) is 69.7 Å². The summed E-state index contributed by atoms with van der Waals surface area (Å²) in [6.07, 6.45) is 0. The second-order valence-corrected chi connectivity index (χ2v) is 6.80. The van der Waals surface area contributed by atoms with Crippen molar-refractivity contribution in [1.29, 1.82) is 0 Å². The van der Waals surface area contributed by atoms with Crippen LogP contribution in [0.15, 0.2) is 79.0 Å². The van der Waals surface area contributed by atoms with Gasteiger partial charge in [0.2, 0.25) is 16.9 Å². The minimum atomic E-state index is -0.707. The zero-order valence-electron chi connectivity index (χ0n) is 13.6. The molecule has 0 saturated heterocycles. The maximum absolute atomic E-state index is 12.9. The fraction of sp³-hybridized carbons (Fsp3) is 0. The van der Waals surface area contributed by atoms with Gasteiger partial charge in [0, 0.05) is 5.02 Å². The molecule has 4 aromatic rings. The molecule has 0 bridgehead atoms. The number of hydrogen-bond acceptors (Lipinski definition) is 5. The van der Waals surface area contributed by atoms with Gasteiger partial charge in [-0.15, -0.1) is 0 Å². The first-order valence-corrected chi connectivity index (χ1v) is 8.99. The van der Waals surface area contributed by atoms with E-state index in [-0.39, 0.29) is 22.8 Å².